The molecule has 1 aliphatic carbocycles. The lowest BCUT2D eigenvalue weighted by Crippen LogP contribution is -1.98. The second-order valence-corrected chi connectivity index (χ2v) is 5.02. The van der Waals surface area contributed by atoms with E-state index in [1.165, 1.54) is 11.8 Å². The number of hydrogen-bond donors (Lipinski definition) is 3. The normalized spacial score (nSPS) is 12.8. The molecule has 0 saturated heterocycles. The van der Waals surface area contributed by atoms with Crippen molar-refractivity contribution < 1.29 is 5.11 Å². The summed E-state index contributed by atoms with van der Waals surface area (Å²) in [5.41, 5.74) is 3.12. The first kappa shape index (κ1) is 12.6. The Kier molecular flexibility index (Phi) is 2.86. The van der Waals surface area contributed by atoms with Gasteiger partial charge in [0.25, 0.3) is 0 Å². The van der Waals surface area contributed by atoms with Gasteiger partial charge in [0.1, 0.15) is 0 Å². The van der Waals surface area contributed by atoms with Gasteiger partial charge in [-0.2, -0.15) is 5.10 Å². The van der Waals surface area contributed by atoms with E-state index in [1.807, 2.05) is 36.4 Å². The van der Waals surface area contributed by atoms with Gasteiger partial charge in [0.05, 0.1) is 11.9 Å². The molecule has 0 aliphatic heterocycles. The van der Waals surface area contributed by atoms with Crippen LogP contribution in [0.2, 0.25) is 0 Å². The average molecular weight is 291 g/mol. The van der Waals surface area contributed by atoms with Crippen molar-refractivity contribution in [2.75, 3.05) is 5.32 Å². The molecule has 6 heteroatoms. The topological polar surface area (TPSA) is 86.7 Å². The van der Waals surface area contributed by atoms with Crippen LogP contribution in [-0.2, 0) is 0 Å². The van der Waals surface area contributed by atoms with Gasteiger partial charge in [0, 0.05) is 11.6 Å². The molecule has 4 rings (SSSR count). The molecule has 0 amide bonds. The zero-order valence-corrected chi connectivity index (χ0v) is 11.6. The highest BCUT2D eigenvalue weighted by molar-refractivity contribution is 5.77. The van der Waals surface area contributed by atoms with Crippen LogP contribution in [0.5, 0.6) is 5.75 Å². The predicted octanol–water partition coefficient (Wildman–Crippen LogP) is 3.10. The number of hydrogen-bond acceptors (Lipinski definition) is 5. The van der Waals surface area contributed by atoms with Crippen molar-refractivity contribution in [1.29, 1.82) is 0 Å². The minimum absolute atomic E-state index is 0.0186. The molecule has 1 aliphatic rings. The maximum Gasteiger partial charge on any atom is 0.178 e. The first-order valence-electron chi connectivity index (χ1n) is 6.93. The molecule has 0 unspecified atom stereocenters. The Morgan fingerprint density at radius 1 is 1.18 bits per heavy atom. The Bertz CT molecular complexity index is 854. The third-order valence-corrected chi connectivity index (χ3v) is 3.38. The first-order valence-corrected chi connectivity index (χ1v) is 6.93. The molecule has 2 aromatic heterocycles. The molecule has 0 bridgehead atoms. The molecular weight excluding hydrogens is 278 g/mol. The summed E-state index contributed by atoms with van der Waals surface area (Å²) >= 11 is 0. The van der Waals surface area contributed by atoms with Gasteiger partial charge in [0.2, 0.25) is 0 Å². The van der Waals surface area contributed by atoms with Crippen LogP contribution >= 0.6 is 0 Å². The number of nitrogens with zero attached hydrogens (tertiary/aromatic N) is 3. The number of rotatable bonds is 4. The SMILES string of the molecule is Oc1cnc(-c2ccccc2)nc1Nc1cc(C2=CC2)[nH]n1. The van der Waals surface area contributed by atoms with Crippen LogP contribution in [0.3, 0.4) is 0 Å². The monoisotopic (exact) mass is 291 g/mol. The fourth-order valence-corrected chi connectivity index (χ4v) is 2.14. The van der Waals surface area contributed by atoms with E-state index in [-0.39, 0.29) is 5.75 Å². The van der Waals surface area contributed by atoms with Crippen molar-refractivity contribution in [1.82, 2.24) is 20.2 Å². The number of aromatic hydroxyl groups is 1. The lowest BCUT2D eigenvalue weighted by atomic mass is 10.2. The van der Waals surface area contributed by atoms with Crippen LogP contribution in [0.15, 0.2) is 48.7 Å². The highest BCUT2D eigenvalue weighted by Gasteiger charge is 2.14. The van der Waals surface area contributed by atoms with Crippen molar-refractivity contribution in [3.8, 4) is 17.1 Å². The second-order valence-electron chi connectivity index (χ2n) is 5.02. The van der Waals surface area contributed by atoms with Gasteiger partial charge >= 0.3 is 0 Å². The number of aromatic nitrogens is 4. The molecule has 0 atom stereocenters. The molecule has 6 nitrogen and oxygen atoms in total. The fourth-order valence-electron chi connectivity index (χ4n) is 2.14. The average Bonchev–Trinajstić information content (AvgIpc) is 3.30. The Balaban J connectivity index is 1.64. The zero-order valence-electron chi connectivity index (χ0n) is 11.6. The van der Waals surface area contributed by atoms with Gasteiger partial charge in [-0.25, -0.2) is 9.97 Å². The third-order valence-electron chi connectivity index (χ3n) is 3.38. The van der Waals surface area contributed by atoms with Crippen LogP contribution in [0.25, 0.3) is 17.0 Å². The third kappa shape index (κ3) is 2.42. The van der Waals surface area contributed by atoms with Gasteiger partial charge in [0.15, 0.2) is 23.2 Å². The largest absolute Gasteiger partial charge is 0.503 e. The highest BCUT2D eigenvalue weighted by Crippen LogP contribution is 2.31. The smallest absolute Gasteiger partial charge is 0.178 e. The minimum atomic E-state index is -0.0186. The number of allylic oxidation sites excluding steroid dienone is 2. The number of nitrogens with one attached hydrogen (secondary N) is 2. The molecule has 108 valence electrons. The number of H-pyrrole nitrogens is 1. The number of aromatic amines is 1. The molecule has 0 spiro atoms. The summed E-state index contributed by atoms with van der Waals surface area (Å²) < 4.78 is 0. The quantitative estimate of drug-likeness (QED) is 0.687. The van der Waals surface area contributed by atoms with E-state index in [1.54, 1.807) is 0 Å². The van der Waals surface area contributed by atoms with Crippen molar-refractivity contribution >= 4 is 17.2 Å². The Hall–Kier alpha value is -3.15. The number of benzene rings is 1. The highest BCUT2D eigenvalue weighted by atomic mass is 16.3. The molecule has 0 fully saturated rings. The first-order chi connectivity index (χ1) is 10.8. The van der Waals surface area contributed by atoms with Crippen LogP contribution in [0, 0.1) is 0 Å². The lowest BCUT2D eigenvalue weighted by Gasteiger charge is -2.06. The van der Waals surface area contributed by atoms with E-state index in [2.05, 4.69) is 31.6 Å². The second kappa shape index (κ2) is 5.00. The van der Waals surface area contributed by atoms with Crippen molar-refractivity contribution in [3.05, 3.63) is 54.4 Å². The van der Waals surface area contributed by atoms with Crippen LogP contribution < -0.4 is 5.32 Å². The standard InChI is InChI=1S/C16H13N5O/c22-13-9-17-15(11-4-2-1-3-5-11)19-16(13)18-14-8-12(20-21-14)10-6-7-10/h1-6,8-9,22H,7H2,(H2,17,18,19,20,21). The summed E-state index contributed by atoms with van der Waals surface area (Å²) in [6.07, 6.45) is 4.50. The predicted molar refractivity (Wildman–Crippen MR) is 83.6 cm³/mol. The molecule has 0 saturated carbocycles. The Morgan fingerprint density at radius 2 is 2.00 bits per heavy atom. The molecule has 3 aromatic rings. The van der Waals surface area contributed by atoms with Crippen LogP contribution in [0.4, 0.5) is 11.6 Å². The zero-order chi connectivity index (χ0) is 14.9. The molecule has 3 N–H and O–H groups in total. The maximum atomic E-state index is 9.93. The Morgan fingerprint density at radius 3 is 2.77 bits per heavy atom. The van der Waals surface area contributed by atoms with E-state index in [0.29, 0.717) is 17.5 Å². The molecular formula is C16H13N5O. The summed E-state index contributed by atoms with van der Waals surface area (Å²) in [6, 6.07) is 11.5. The van der Waals surface area contributed by atoms with Crippen LogP contribution in [-0.4, -0.2) is 25.3 Å². The van der Waals surface area contributed by atoms with Gasteiger partial charge in [-0.3, -0.25) is 5.10 Å². The van der Waals surface area contributed by atoms with E-state index in [4.69, 9.17) is 0 Å². The van der Waals surface area contributed by atoms with E-state index < -0.39 is 0 Å². The van der Waals surface area contributed by atoms with Gasteiger partial charge in [-0.1, -0.05) is 36.4 Å². The molecule has 2 heterocycles. The molecule has 22 heavy (non-hydrogen) atoms. The maximum absolute atomic E-state index is 9.93. The summed E-state index contributed by atoms with van der Waals surface area (Å²) in [5.74, 6) is 1.46. The molecule has 1 aromatic carbocycles. The van der Waals surface area contributed by atoms with Gasteiger partial charge in [-0.15, -0.1) is 0 Å². The van der Waals surface area contributed by atoms with Crippen LogP contribution in [0.1, 0.15) is 12.1 Å². The van der Waals surface area contributed by atoms with Crippen molar-refractivity contribution in [2.24, 2.45) is 0 Å². The van der Waals surface area contributed by atoms with E-state index >= 15 is 0 Å². The van der Waals surface area contributed by atoms with E-state index in [0.717, 1.165) is 17.7 Å². The lowest BCUT2D eigenvalue weighted by molar-refractivity contribution is 0.472. The minimum Gasteiger partial charge on any atom is -0.503 e. The molecule has 0 radical (unpaired) electrons. The van der Waals surface area contributed by atoms with E-state index in [9.17, 15) is 5.11 Å². The summed E-state index contributed by atoms with van der Waals surface area (Å²) in [7, 11) is 0. The number of anilines is 2. The van der Waals surface area contributed by atoms with Crippen molar-refractivity contribution in [2.45, 2.75) is 6.42 Å². The summed E-state index contributed by atoms with van der Waals surface area (Å²) in [4.78, 5) is 8.52. The van der Waals surface area contributed by atoms with Crippen molar-refractivity contribution in [3.63, 3.8) is 0 Å². The van der Waals surface area contributed by atoms with Gasteiger partial charge in [-0.05, 0) is 12.0 Å². The summed E-state index contributed by atoms with van der Waals surface area (Å²) in [6.45, 7) is 0. The van der Waals surface area contributed by atoms with Gasteiger partial charge < -0.3 is 10.4 Å². The fraction of sp³-hybridized carbons (Fsp3) is 0.0625. The summed E-state index contributed by atoms with van der Waals surface area (Å²) in [5, 5.41) is 20.1. The Labute approximate surface area is 126 Å².